The maximum Gasteiger partial charge on any atom is 0.272 e. The van der Waals surface area contributed by atoms with Crippen LogP contribution in [0.3, 0.4) is 0 Å². The van der Waals surface area contributed by atoms with Gasteiger partial charge in [0.15, 0.2) is 28.4 Å². The van der Waals surface area contributed by atoms with Gasteiger partial charge in [-0.15, -0.1) is 5.10 Å². The van der Waals surface area contributed by atoms with Crippen LogP contribution in [0.5, 0.6) is 0 Å². The first-order chi connectivity index (χ1) is 22.0. The van der Waals surface area contributed by atoms with Gasteiger partial charge in [0.1, 0.15) is 0 Å². The first-order valence-corrected chi connectivity index (χ1v) is 14.6. The van der Waals surface area contributed by atoms with E-state index in [1.807, 2.05) is 0 Å². The molecule has 0 saturated heterocycles. The molecule has 5 nitrogen and oxygen atoms in total. The van der Waals surface area contributed by atoms with Gasteiger partial charge in [0.2, 0.25) is 0 Å². The van der Waals surface area contributed by atoms with Crippen molar-refractivity contribution < 1.29 is 17.6 Å². The summed E-state index contributed by atoms with van der Waals surface area (Å²) in [6, 6.07) is 21.3. The quantitative estimate of drug-likeness (QED) is 0.188. The zero-order valence-electron chi connectivity index (χ0n) is 24.0. The third-order valence-electron chi connectivity index (χ3n) is 6.98. The zero-order chi connectivity index (χ0) is 33.1. The van der Waals surface area contributed by atoms with Gasteiger partial charge in [0, 0.05) is 37.9 Å². The van der Waals surface area contributed by atoms with Gasteiger partial charge in [-0.05, 0) is 61.4 Å². The second-order valence-corrected chi connectivity index (χ2v) is 11.2. The van der Waals surface area contributed by atoms with E-state index in [-0.39, 0.29) is 21.8 Å². The lowest BCUT2D eigenvalue weighted by atomic mass is 9.94. The van der Waals surface area contributed by atoms with E-state index in [0.717, 1.165) is 17.7 Å². The number of aromatic amines is 1. The summed E-state index contributed by atoms with van der Waals surface area (Å²) in [4.78, 5) is 12.3. The number of aromatic nitrogens is 4. The molecule has 0 radical (unpaired) electrons. The minimum Gasteiger partial charge on any atom is -0.267 e. The first kappa shape index (κ1) is 32.8. The molecule has 6 rings (SSSR count). The summed E-state index contributed by atoms with van der Waals surface area (Å²) in [5.74, 6) is -4.01. The molecule has 6 aromatic rings. The van der Waals surface area contributed by atoms with Gasteiger partial charge in [-0.3, -0.25) is 4.79 Å². The maximum absolute atomic E-state index is 14.3. The fourth-order valence-electron chi connectivity index (χ4n) is 4.88. The Morgan fingerprint density at radius 1 is 0.565 bits per heavy atom. The summed E-state index contributed by atoms with van der Waals surface area (Å²) >= 11 is 17.9. The number of hydrogen-bond donors (Lipinski definition) is 1. The van der Waals surface area contributed by atoms with Crippen LogP contribution < -0.4 is 5.56 Å². The summed E-state index contributed by atoms with van der Waals surface area (Å²) in [5.41, 5.74) is 3.13. The maximum atomic E-state index is 14.3. The SMILES string of the molecule is Cc1n[nH]c(=O)c(-c2cccc(F)c2F)c1-c1ccc(Cl)cc1.Cc1nnc(Cl)c(-c2cccc(F)c2F)c1-c1ccc(Cl)cc1. The molecule has 2 aromatic heterocycles. The highest BCUT2D eigenvalue weighted by Crippen LogP contribution is 2.39. The van der Waals surface area contributed by atoms with Crippen LogP contribution in [0, 0.1) is 37.1 Å². The second kappa shape index (κ2) is 13.8. The van der Waals surface area contributed by atoms with Crippen molar-refractivity contribution in [1.29, 1.82) is 0 Å². The minimum absolute atomic E-state index is 0.00468. The van der Waals surface area contributed by atoms with E-state index in [1.165, 1.54) is 24.3 Å². The van der Waals surface area contributed by atoms with Crippen LogP contribution in [-0.4, -0.2) is 20.4 Å². The molecule has 0 spiro atoms. The fraction of sp³-hybridized carbons (Fsp3) is 0.0588. The molecule has 0 fully saturated rings. The van der Waals surface area contributed by atoms with E-state index in [4.69, 9.17) is 34.8 Å². The van der Waals surface area contributed by atoms with Crippen molar-refractivity contribution in [2.24, 2.45) is 0 Å². The summed E-state index contributed by atoms with van der Waals surface area (Å²) in [6.45, 7) is 3.41. The van der Waals surface area contributed by atoms with Crippen LogP contribution in [0.15, 0.2) is 89.7 Å². The van der Waals surface area contributed by atoms with Gasteiger partial charge in [-0.2, -0.15) is 10.2 Å². The van der Waals surface area contributed by atoms with E-state index in [1.54, 1.807) is 62.4 Å². The molecule has 1 N–H and O–H groups in total. The third-order valence-corrected chi connectivity index (χ3v) is 7.75. The van der Waals surface area contributed by atoms with Crippen LogP contribution in [-0.2, 0) is 0 Å². The van der Waals surface area contributed by atoms with Crippen molar-refractivity contribution in [2.75, 3.05) is 0 Å². The molecule has 0 amide bonds. The Morgan fingerprint density at radius 2 is 1.02 bits per heavy atom. The van der Waals surface area contributed by atoms with E-state index >= 15 is 0 Å². The smallest absolute Gasteiger partial charge is 0.267 e. The molecular weight excluding hydrogens is 663 g/mol. The lowest BCUT2D eigenvalue weighted by molar-refractivity contribution is 0.511. The van der Waals surface area contributed by atoms with E-state index in [0.29, 0.717) is 43.7 Å². The highest BCUT2D eigenvalue weighted by atomic mass is 35.5. The molecule has 232 valence electrons. The Hall–Kier alpha value is -4.57. The van der Waals surface area contributed by atoms with Crippen molar-refractivity contribution in [3.8, 4) is 44.5 Å². The monoisotopic (exact) mass is 682 g/mol. The number of nitrogens with zero attached hydrogens (tertiary/aromatic N) is 3. The van der Waals surface area contributed by atoms with Crippen LogP contribution >= 0.6 is 34.8 Å². The average molecular weight is 684 g/mol. The van der Waals surface area contributed by atoms with Crippen molar-refractivity contribution in [1.82, 2.24) is 20.4 Å². The zero-order valence-corrected chi connectivity index (χ0v) is 26.2. The Labute approximate surface area is 275 Å². The Morgan fingerprint density at radius 3 is 1.52 bits per heavy atom. The number of H-pyrrole nitrogens is 1. The average Bonchev–Trinajstić information content (AvgIpc) is 3.04. The summed E-state index contributed by atoms with van der Waals surface area (Å²) < 4.78 is 55.6. The topological polar surface area (TPSA) is 71.5 Å². The molecule has 0 aliphatic rings. The lowest BCUT2D eigenvalue weighted by Gasteiger charge is -2.14. The lowest BCUT2D eigenvalue weighted by Crippen LogP contribution is -2.15. The number of aryl methyl sites for hydroxylation is 2. The molecule has 12 heteroatoms. The number of nitrogens with one attached hydrogen (secondary N) is 1. The van der Waals surface area contributed by atoms with Crippen molar-refractivity contribution in [3.05, 3.63) is 145 Å². The second-order valence-electron chi connectivity index (χ2n) is 9.93. The largest absolute Gasteiger partial charge is 0.272 e. The van der Waals surface area contributed by atoms with Crippen molar-refractivity contribution >= 4 is 34.8 Å². The summed E-state index contributed by atoms with van der Waals surface area (Å²) in [7, 11) is 0. The van der Waals surface area contributed by atoms with Gasteiger partial charge in [-0.25, -0.2) is 22.7 Å². The fourth-order valence-corrected chi connectivity index (χ4v) is 5.37. The molecule has 4 aromatic carbocycles. The van der Waals surface area contributed by atoms with Crippen LogP contribution in [0.4, 0.5) is 17.6 Å². The molecule has 2 heterocycles. The molecule has 0 unspecified atom stereocenters. The van der Waals surface area contributed by atoms with Crippen molar-refractivity contribution in [2.45, 2.75) is 13.8 Å². The number of halogens is 7. The summed E-state index contributed by atoms with van der Waals surface area (Å²) in [6.07, 6.45) is 0. The van der Waals surface area contributed by atoms with E-state index in [9.17, 15) is 22.4 Å². The molecule has 0 aliphatic carbocycles. The van der Waals surface area contributed by atoms with Crippen LogP contribution in [0.25, 0.3) is 44.5 Å². The van der Waals surface area contributed by atoms with Gasteiger partial charge in [0.05, 0.1) is 17.0 Å². The third kappa shape index (κ3) is 6.67. The van der Waals surface area contributed by atoms with Crippen molar-refractivity contribution in [3.63, 3.8) is 0 Å². The number of hydrogen-bond acceptors (Lipinski definition) is 4. The Kier molecular flexibility index (Phi) is 9.86. The standard InChI is InChI=1S/C17H10Cl2F2N2.C17H11ClF2N2O/c1-9-14(10-5-7-11(18)8-6-10)15(17(19)23-22-9)12-3-2-4-13(20)16(12)21;1-9-14(10-5-7-11(18)8-6-10)15(17(23)22-21-9)12-3-2-4-13(19)16(12)20/h2-8H,1H3;2-8H,1H3,(H,22,23). The molecule has 0 aliphatic heterocycles. The highest BCUT2D eigenvalue weighted by molar-refractivity contribution is 6.33. The predicted octanol–water partition coefficient (Wildman–Crippen LogP) is 10.0. The van der Waals surface area contributed by atoms with Gasteiger partial charge < -0.3 is 0 Å². The molecule has 0 saturated carbocycles. The number of rotatable bonds is 4. The Bertz CT molecular complexity index is 2120. The molecule has 0 bridgehead atoms. The molecule has 0 atom stereocenters. The predicted molar refractivity (Wildman–Crippen MR) is 173 cm³/mol. The van der Waals surface area contributed by atoms with Gasteiger partial charge in [0.25, 0.3) is 5.56 Å². The molecular formula is C34H21Cl3F4N4O. The number of benzene rings is 4. The minimum atomic E-state index is -1.07. The van der Waals surface area contributed by atoms with Crippen LogP contribution in [0.2, 0.25) is 15.2 Å². The molecule has 46 heavy (non-hydrogen) atoms. The Balaban J connectivity index is 0.000000181. The van der Waals surface area contributed by atoms with E-state index < -0.39 is 28.8 Å². The highest BCUT2D eigenvalue weighted by Gasteiger charge is 2.22. The normalized spacial score (nSPS) is 10.8. The van der Waals surface area contributed by atoms with E-state index in [2.05, 4.69) is 20.4 Å². The summed E-state index contributed by atoms with van der Waals surface area (Å²) in [5, 5.41) is 15.2. The van der Waals surface area contributed by atoms with Gasteiger partial charge in [-0.1, -0.05) is 83.3 Å². The first-order valence-electron chi connectivity index (χ1n) is 13.5. The van der Waals surface area contributed by atoms with Gasteiger partial charge >= 0.3 is 0 Å². The van der Waals surface area contributed by atoms with Crippen LogP contribution in [0.1, 0.15) is 11.4 Å².